The van der Waals surface area contributed by atoms with Crippen LogP contribution in [0.3, 0.4) is 0 Å². The van der Waals surface area contributed by atoms with Crippen LogP contribution in [0, 0.1) is 5.82 Å². The maximum Gasteiger partial charge on any atom is 0.471 e. The van der Waals surface area contributed by atoms with Gasteiger partial charge in [-0.25, -0.2) is 17.7 Å². The number of aromatic nitrogens is 1. The number of alkyl halides is 2. The molecule has 180 valence electrons. The van der Waals surface area contributed by atoms with Gasteiger partial charge in [-0.05, 0) is 42.5 Å². The summed E-state index contributed by atoms with van der Waals surface area (Å²) in [6.07, 6.45) is 1.13. The van der Waals surface area contributed by atoms with Crippen LogP contribution in [0.5, 0.6) is 11.5 Å². The Morgan fingerprint density at radius 1 is 1.12 bits per heavy atom. The van der Waals surface area contributed by atoms with Crippen LogP contribution in [0.2, 0.25) is 0 Å². The second-order valence-corrected chi connectivity index (χ2v) is 8.32. The summed E-state index contributed by atoms with van der Waals surface area (Å²) in [5.74, 6) is -4.70. The number of carbonyl (C=O) groups excluding carboxylic acids is 1. The summed E-state index contributed by atoms with van der Waals surface area (Å²) < 4.78 is 62.2. The molecule has 3 rings (SSSR count). The summed E-state index contributed by atoms with van der Waals surface area (Å²) in [6.45, 7) is -0.0470. The van der Waals surface area contributed by atoms with Gasteiger partial charge < -0.3 is 19.8 Å². The van der Waals surface area contributed by atoms with Crippen molar-refractivity contribution >= 4 is 19.4 Å². The number of rotatable bonds is 8. The highest BCUT2D eigenvalue weighted by Gasteiger charge is 2.27. The topological polar surface area (TPSA) is 127 Å². The van der Waals surface area contributed by atoms with Crippen molar-refractivity contribution < 1.29 is 41.6 Å². The fourth-order valence-corrected chi connectivity index (χ4v) is 3.00. The lowest BCUT2D eigenvalue weighted by Crippen LogP contribution is -2.21. The van der Waals surface area contributed by atoms with E-state index in [1.807, 2.05) is 0 Å². The number of carbonyl (C=O) groups is 1. The Kier molecular flexibility index (Phi) is 7.27. The number of hydrogen-bond donors (Lipinski definition) is 3. The van der Waals surface area contributed by atoms with Crippen LogP contribution in [0.1, 0.15) is 22.8 Å². The van der Waals surface area contributed by atoms with Crippen molar-refractivity contribution in [3.63, 3.8) is 0 Å². The maximum absolute atomic E-state index is 13.8. The summed E-state index contributed by atoms with van der Waals surface area (Å²) >= 11 is 0. The molecule has 0 aliphatic carbocycles. The Hall–Kier alpha value is -3.44. The van der Waals surface area contributed by atoms with Crippen molar-refractivity contribution in [2.45, 2.75) is 19.6 Å². The van der Waals surface area contributed by atoms with Gasteiger partial charge in [0, 0.05) is 30.4 Å². The van der Waals surface area contributed by atoms with Gasteiger partial charge >= 0.3 is 7.82 Å². The van der Waals surface area contributed by atoms with Gasteiger partial charge in [0.15, 0.2) is 0 Å². The molecule has 0 radical (unpaired) electrons. The molecule has 34 heavy (non-hydrogen) atoms. The first kappa shape index (κ1) is 25.2. The normalized spacial score (nSPS) is 11.8. The largest absolute Gasteiger partial charge is 0.471 e. The molecule has 0 spiro atoms. The molecule has 2 aromatic carbocycles. The third-order valence-electron chi connectivity index (χ3n) is 4.39. The van der Waals surface area contributed by atoms with E-state index in [-0.39, 0.29) is 22.7 Å². The third kappa shape index (κ3) is 6.78. The van der Waals surface area contributed by atoms with Crippen LogP contribution >= 0.6 is 7.82 Å². The first-order chi connectivity index (χ1) is 15.8. The number of nitrogens with zero attached hydrogens (tertiary/aromatic N) is 1. The molecule has 0 fully saturated rings. The number of phosphoric acid groups is 1. The van der Waals surface area contributed by atoms with Crippen molar-refractivity contribution in [3.05, 3.63) is 88.1 Å². The van der Waals surface area contributed by atoms with Gasteiger partial charge in [-0.2, -0.15) is 0 Å². The predicted molar refractivity (Wildman–Crippen MR) is 114 cm³/mol. The molecule has 0 unspecified atom stereocenters. The van der Waals surface area contributed by atoms with Gasteiger partial charge in [0.05, 0.1) is 5.56 Å². The van der Waals surface area contributed by atoms with Gasteiger partial charge in [-0.1, -0.05) is 6.07 Å². The van der Waals surface area contributed by atoms with E-state index in [4.69, 9.17) is 14.5 Å². The Morgan fingerprint density at radius 3 is 2.38 bits per heavy atom. The molecule has 0 aliphatic heterocycles. The number of amides is 1. The zero-order valence-corrected chi connectivity index (χ0v) is 18.3. The molecule has 3 N–H and O–H groups in total. The highest BCUT2D eigenvalue weighted by molar-refractivity contribution is 7.46. The number of anilines is 1. The number of ether oxygens (including phenoxy) is 1. The Labute approximate surface area is 190 Å². The molecule has 0 atom stereocenters. The molecule has 0 saturated carbocycles. The average molecular weight is 498 g/mol. The number of pyridine rings is 1. The predicted octanol–water partition coefficient (Wildman–Crippen LogP) is 4.21. The quantitative estimate of drug-likeness (QED) is 0.397. The summed E-state index contributed by atoms with van der Waals surface area (Å²) in [5, 5.41) is 2.42. The highest BCUT2D eigenvalue weighted by atomic mass is 31.2. The Balaban J connectivity index is 1.87. The number of hydrogen-bond acceptors (Lipinski definition) is 5. The number of phosphoric ester groups is 1. The molecular weight excluding hydrogens is 480 g/mol. The van der Waals surface area contributed by atoms with E-state index >= 15 is 0 Å². The fraction of sp³-hybridized carbons (Fsp3) is 0.143. The molecule has 1 amide bonds. The van der Waals surface area contributed by atoms with Crippen LogP contribution in [-0.4, -0.2) is 20.3 Å². The van der Waals surface area contributed by atoms with Gasteiger partial charge in [0.1, 0.15) is 24.0 Å². The van der Waals surface area contributed by atoms with Gasteiger partial charge in [-0.3, -0.25) is 18.7 Å². The van der Waals surface area contributed by atoms with E-state index in [9.17, 15) is 27.3 Å². The Morgan fingerprint density at radius 2 is 1.79 bits per heavy atom. The molecule has 0 aliphatic rings. The molecule has 13 heteroatoms. The maximum atomic E-state index is 13.8. The zero-order valence-electron chi connectivity index (χ0n) is 17.4. The lowest BCUT2D eigenvalue weighted by Gasteiger charge is -2.16. The minimum Gasteiger partial charge on any atom is -0.457 e. The molecule has 1 aromatic heterocycles. The van der Waals surface area contributed by atoms with Crippen molar-refractivity contribution in [2.75, 3.05) is 5.32 Å². The summed E-state index contributed by atoms with van der Waals surface area (Å²) in [7, 11) is -4.80. The number of halogens is 3. The third-order valence-corrected chi connectivity index (χ3v) is 4.85. The van der Waals surface area contributed by atoms with E-state index in [0.717, 1.165) is 47.2 Å². The van der Waals surface area contributed by atoms with Crippen molar-refractivity contribution in [2.24, 2.45) is 0 Å². The number of nitrogens with one attached hydrogen (secondary N) is 1. The summed E-state index contributed by atoms with van der Waals surface area (Å²) in [4.78, 5) is 42.4. The van der Waals surface area contributed by atoms with Crippen LogP contribution in [0.15, 0.2) is 65.6 Å². The van der Waals surface area contributed by atoms with Crippen molar-refractivity contribution in [3.8, 4) is 11.5 Å². The van der Waals surface area contributed by atoms with E-state index < -0.39 is 43.3 Å². The number of benzene rings is 2. The van der Waals surface area contributed by atoms with Crippen LogP contribution < -0.4 is 15.6 Å². The smallest absolute Gasteiger partial charge is 0.457 e. The van der Waals surface area contributed by atoms with E-state index in [0.29, 0.717) is 6.92 Å². The zero-order chi connectivity index (χ0) is 25.1. The summed E-state index contributed by atoms with van der Waals surface area (Å²) in [6, 6.07) is 10.1. The lowest BCUT2D eigenvalue weighted by molar-refractivity contribution is 0.0172. The van der Waals surface area contributed by atoms with E-state index in [1.54, 1.807) is 0 Å². The molecule has 0 saturated heterocycles. The Bertz CT molecular complexity index is 1300. The second-order valence-electron chi connectivity index (χ2n) is 7.08. The van der Waals surface area contributed by atoms with Crippen molar-refractivity contribution in [1.29, 1.82) is 0 Å². The molecule has 3 aromatic rings. The molecule has 1 heterocycles. The standard InChI is InChI=1S/C21H18F3N2O7P/c1-21(23,24)13-2-7-17(18(10-13)33-16-5-3-14(22)4-6-16)20(28)25-15-8-9-26(19(27)11-15)12-32-34(29,30)31/h2-11H,12H2,1H3,(H,25,28)(H2,29,30,31). The van der Waals surface area contributed by atoms with Gasteiger partial charge in [0.2, 0.25) is 0 Å². The molecule has 9 nitrogen and oxygen atoms in total. The highest BCUT2D eigenvalue weighted by Crippen LogP contribution is 2.36. The lowest BCUT2D eigenvalue weighted by atomic mass is 10.1. The van der Waals surface area contributed by atoms with Crippen LogP contribution in [0.4, 0.5) is 18.9 Å². The fourth-order valence-electron chi connectivity index (χ4n) is 2.73. The second kappa shape index (κ2) is 9.82. The first-order valence-electron chi connectivity index (χ1n) is 9.49. The van der Waals surface area contributed by atoms with E-state index in [1.165, 1.54) is 18.2 Å². The minimum atomic E-state index is -4.80. The SMILES string of the molecule is CC(F)(F)c1ccc(C(=O)Nc2ccn(COP(=O)(O)O)c(=O)c2)c(Oc2ccc(F)cc2)c1. The molecule has 0 bridgehead atoms. The first-order valence-corrected chi connectivity index (χ1v) is 11.0. The molecular formula is C21H18F3N2O7P. The van der Waals surface area contributed by atoms with Crippen LogP contribution in [0.25, 0.3) is 0 Å². The summed E-state index contributed by atoms with van der Waals surface area (Å²) in [5.41, 5.74) is -1.30. The van der Waals surface area contributed by atoms with Crippen molar-refractivity contribution in [1.82, 2.24) is 4.57 Å². The minimum absolute atomic E-state index is 0.0139. The monoisotopic (exact) mass is 498 g/mol. The average Bonchev–Trinajstić information content (AvgIpc) is 2.73. The van der Waals surface area contributed by atoms with Gasteiger partial charge in [0.25, 0.3) is 17.4 Å². The van der Waals surface area contributed by atoms with Crippen LogP contribution in [-0.2, 0) is 21.7 Å². The van der Waals surface area contributed by atoms with E-state index in [2.05, 4.69) is 9.84 Å². The van der Waals surface area contributed by atoms with Gasteiger partial charge in [-0.15, -0.1) is 0 Å².